The second-order valence-corrected chi connectivity index (χ2v) is 16.8. The van der Waals surface area contributed by atoms with Crippen LogP contribution in [0.5, 0.6) is 0 Å². The molecule has 0 aliphatic carbocycles. The third-order valence-corrected chi connectivity index (χ3v) is 10.7. The maximum atomic E-state index is 12.1. The van der Waals surface area contributed by atoms with Crippen molar-refractivity contribution in [2.45, 2.75) is 206 Å². The molecule has 1 amide bonds. The third kappa shape index (κ3) is 44.8. The van der Waals surface area contributed by atoms with Gasteiger partial charge in [-0.2, -0.15) is 0 Å². The normalized spacial score (nSPS) is 13.8. The number of amides is 1. The van der Waals surface area contributed by atoms with Gasteiger partial charge in [0, 0.05) is 19.4 Å². The number of phosphoric acid groups is 1. The minimum Gasteiger partial charge on any atom is -0.463 e. The number of ether oxygens (including phenoxy) is 1. The largest absolute Gasteiger partial charge is 0.472 e. The number of nitrogens with one attached hydrogen (secondary N) is 1. The number of allylic oxidation sites excluding steroid dienone is 10. The molecule has 9 nitrogen and oxygen atoms in total. The Balaban J connectivity index is 3.65. The van der Waals surface area contributed by atoms with Crippen LogP contribution in [0, 0.1) is 0 Å². The molecule has 0 radical (unpaired) electrons. The highest BCUT2D eigenvalue weighted by molar-refractivity contribution is 7.47. The van der Waals surface area contributed by atoms with E-state index in [2.05, 4.69) is 79.9 Å². The molecule has 58 heavy (non-hydrogen) atoms. The molecule has 10 heteroatoms. The summed E-state index contributed by atoms with van der Waals surface area (Å²) in [7, 11) is -4.43. The number of rotatable bonds is 43. The molecule has 0 bridgehead atoms. The van der Waals surface area contributed by atoms with Crippen molar-refractivity contribution in [3.63, 3.8) is 0 Å². The predicted octanol–water partition coefficient (Wildman–Crippen LogP) is 13.3. The average Bonchev–Trinajstić information content (AvgIpc) is 3.21. The van der Waals surface area contributed by atoms with Gasteiger partial charge < -0.3 is 20.1 Å². The Labute approximate surface area is 355 Å². The van der Waals surface area contributed by atoms with Crippen molar-refractivity contribution in [2.24, 2.45) is 0 Å². The van der Waals surface area contributed by atoms with E-state index in [0.29, 0.717) is 12.8 Å². The number of aliphatic hydroxyl groups excluding tert-OH is 1. The van der Waals surface area contributed by atoms with Crippen LogP contribution < -0.4 is 5.32 Å². The number of phosphoric ester groups is 1. The molecule has 0 spiro atoms. The summed E-state index contributed by atoms with van der Waals surface area (Å²) >= 11 is 0. The van der Waals surface area contributed by atoms with Gasteiger partial charge in [-0.3, -0.25) is 18.6 Å². The van der Waals surface area contributed by atoms with E-state index in [9.17, 15) is 24.2 Å². The first kappa shape index (κ1) is 55.7. The van der Waals surface area contributed by atoms with Gasteiger partial charge in [0.1, 0.15) is 12.7 Å². The number of carbonyl (C=O) groups excluding carboxylic acids is 2. The van der Waals surface area contributed by atoms with E-state index in [4.69, 9.17) is 13.8 Å². The molecule has 0 saturated carbocycles. The molecule has 0 aromatic rings. The molecule has 0 saturated heterocycles. The second kappa shape index (κ2) is 44.3. The molecule has 0 rings (SSSR count). The fourth-order valence-electron chi connectivity index (χ4n) is 6.12. The smallest absolute Gasteiger partial charge is 0.463 e. The van der Waals surface area contributed by atoms with Crippen LogP contribution in [0.4, 0.5) is 0 Å². The van der Waals surface area contributed by atoms with Crippen LogP contribution in [0.2, 0.25) is 0 Å². The topological polar surface area (TPSA) is 131 Å². The summed E-state index contributed by atoms with van der Waals surface area (Å²) in [4.78, 5) is 34.0. The summed E-state index contributed by atoms with van der Waals surface area (Å²) in [5.41, 5.74) is 0. The van der Waals surface area contributed by atoms with Crippen molar-refractivity contribution in [1.82, 2.24) is 5.32 Å². The first-order chi connectivity index (χ1) is 28.3. The number of unbranched alkanes of at least 4 members (excludes halogenated alkanes) is 20. The van der Waals surface area contributed by atoms with Gasteiger partial charge in [0.25, 0.3) is 0 Å². The number of hydrogen-bond acceptors (Lipinski definition) is 7. The van der Waals surface area contributed by atoms with Gasteiger partial charge >= 0.3 is 13.8 Å². The van der Waals surface area contributed by atoms with Crippen molar-refractivity contribution in [3.05, 3.63) is 60.8 Å². The number of aliphatic hydroxyl groups is 1. The standard InChI is InChI=1S/C48H86NO8P/c1-3-5-7-9-11-13-15-17-19-21-23-25-27-29-31-33-35-37-39-41-48(52)55-44-46(50)45-57-58(53,54)56-43-42-49-47(51)40-38-36-34-32-30-28-26-24-22-20-18-16-14-12-10-8-6-4-2/h11,13,17,19-20,22-23,25,29,31,46,50H,3-10,12,14-16,18,21,24,26-28,30,32-45H2,1-2H3,(H,49,51)(H,53,54)/b13-11-,19-17-,22-20-,25-23-,31-29-. The van der Waals surface area contributed by atoms with Gasteiger partial charge in [0.15, 0.2) is 0 Å². The molecule has 336 valence electrons. The first-order valence-electron chi connectivity index (χ1n) is 23.3. The second-order valence-electron chi connectivity index (χ2n) is 15.4. The molecular weight excluding hydrogens is 750 g/mol. The lowest BCUT2D eigenvalue weighted by Crippen LogP contribution is -2.27. The minimum atomic E-state index is -4.43. The molecular formula is C48H86NO8P. The summed E-state index contributed by atoms with van der Waals surface area (Å²) in [5.74, 6) is -0.553. The maximum absolute atomic E-state index is 12.1. The van der Waals surface area contributed by atoms with E-state index in [0.717, 1.165) is 57.8 Å². The zero-order valence-corrected chi connectivity index (χ0v) is 37.9. The summed E-state index contributed by atoms with van der Waals surface area (Å²) in [5, 5.41) is 12.7. The van der Waals surface area contributed by atoms with Crippen LogP contribution in [-0.2, 0) is 27.9 Å². The Morgan fingerprint density at radius 1 is 0.534 bits per heavy atom. The van der Waals surface area contributed by atoms with Crippen LogP contribution in [0.1, 0.15) is 200 Å². The SMILES string of the molecule is CCCCC/C=C\C/C=C\C/C=C\C/C=C\CCCCCC(=O)OCC(O)COP(=O)(O)OCCNC(=O)CCCCCCCCC/C=C\CCCCCCCCC. The van der Waals surface area contributed by atoms with Crippen molar-refractivity contribution in [3.8, 4) is 0 Å². The van der Waals surface area contributed by atoms with Gasteiger partial charge in [-0.1, -0.05) is 164 Å². The fourth-order valence-corrected chi connectivity index (χ4v) is 6.88. The highest BCUT2D eigenvalue weighted by Gasteiger charge is 2.23. The molecule has 0 aliphatic heterocycles. The Morgan fingerprint density at radius 2 is 0.931 bits per heavy atom. The van der Waals surface area contributed by atoms with Crippen LogP contribution in [0.25, 0.3) is 0 Å². The van der Waals surface area contributed by atoms with Crippen LogP contribution in [0.3, 0.4) is 0 Å². The van der Waals surface area contributed by atoms with Gasteiger partial charge in [-0.05, 0) is 83.5 Å². The lowest BCUT2D eigenvalue weighted by molar-refractivity contribution is -0.147. The minimum absolute atomic E-state index is 0.0734. The van der Waals surface area contributed by atoms with Crippen LogP contribution >= 0.6 is 7.82 Å². The first-order valence-corrected chi connectivity index (χ1v) is 24.8. The van der Waals surface area contributed by atoms with Gasteiger partial charge in [-0.15, -0.1) is 0 Å². The Kier molecular flexibility index (Phi) is 42.5. The van der Waals surface area contributed by atoms with E-state index in [1.807, 2.05) is 0 Å². The quantitative estimate of drug-likeness (QED) is 0.0239. The van der Waals surface area contributed by atoms with Crippen molar-refractivity contribution in [1.29, 1.82) is 0 Å². The van der Waals surface area contributed by atoms with E-state index in [1.54, 1.807) is 0 Å². The molecule has 0 heterocycles. The highest BCUT2D eigenvalue weighted by atomic mass is 31.2. The molecule has 2 atom stereocenters. The summed E-state index contributed by atoms with van der Waals surface area (Å²) in [6.07, 6.45) is 52.9. The molecule has 0 aliphatic rings. The van der Waals surface area contributed by atoms with Crippen molar-refractivity contribution < 1.29 is 37.9 Å². The molecule has 2 unspecified atom stereocenters. The predicted molar refractivity (Wildman–Crippen MR) is 243 cm³/mol. The lowest BCUT2D eigenvalue weighted by Gasteiger charge is -2.15. The van der Waals surface area contributed by atoms with E-state index < -0.39 is 26.5 Å². The summed E-state index contributed by atoms with van der Waals surface area (Å²) < 4.78 is 26.9. The molecule has 0 aromatic heterocycles. The van der Waals surface area contributed by atoms with E-state index in [-0.39, 0.29) is 32.1 Å². The number of esters is 1. The Morgan fingerprint density at radius 3 is 1.47 bits per heavy atom. The van der Waals surface area contributed by atoms with E-state index in [1.165, 1.54) is 109 Å². The van der Waals surface area contributed by atoms with Crippen LogP contribution in [-0.4, -0.2) is 54.3 Å². The van der Waals surface area contributed by atoms with Gasteiger partial charge in [0.2, 0.25) is 5.91 Å². The highest BCUT2D eigenvalue weighted by Crippen LogP contribution is 2.42. The van der Waals surface area contributed by atoms with Crippen LogP contribution in [0.15, 0.2) is 60.8 Å². The van der Waals surface area contributed by atoms with E-state index >= 15 is 0 Å². The van der Waals surface area contributed by atoms with Crippen molar-refractivity contribution in [2.75, 3.05) is 26.4 Å². The zero-order valence-electron chi connectivity index (χ0n) is 37.0. The maximum Gasteiger partial charge on any atom is 0.472 e. The van der Waals surface area contributed by atoms with Crippen molar-refractivity contribution >= 4 is 19.7 Å². The Hall–Kier alpha value is -2.29. The Bertz CT molecular complexity index is 1130. The third-order valence-electron chi connectivity index (χ3n) is 9.67. The number of carbonyl (C=O) groups is 2. The fraction of sp³-hybridized carbons (Fsp3) is 0.750. The van der Waals surface area contributed by atoms with Gasteiger partial charge in [0.05, 0.1) is 13.2 Å². The monoisotopic (exact) mass is 836 g/mol. The van der Waals surface area contributed by atoms with Gasteiger partial charge in [-0.25, -0.2) is 4.57 Å². The summed E-state index contributed by atoms with van der Waals surface area (Å²) in [6, 6.07) is 0. The molecule has 0 aromatic carbocycles. The summed E-state index contributed by atoms with van der Waals surface area (Å²) in [6.45, 7) is 3.49. The molecule has 0 fully saturated rings. The average molecular weight is 836 g/mol. The zero-order chi connectivity index (χ0) is 42.5. The lowest BCUT2D eigenvalue weighted by atomic mass is 10.1. The number of hydrogen-bond donors (Lipinski definition) is 3. The molecule has 3 N–H and O–H groups in total.